The van der Waals surface area contributed by atoms with Crippen LogP contribution in [-0.4, -0.2) is 16.1 Å². The Kier molecular flexibility index (Phi) is 6.70. The van der Waals surface area contributed by atoms with E-state index in [0.717, 1.165) is 11.1 Å². The monoisotopic (exact) mass is 407 g/mol. The van der Waals surface area contributed by atoms with Crippen LogP contribution >= 0.6 is 0 Å². The molecule has 6 heteroatoms. The number of phenolic OH excluding ortho intramolecular Hbond substituents is 2. The van der Waals surface area contributed by atoms with Crippen molar-refractivity contribution in [3.63, 3.8) is 0 Å². The molecule has 0 aliphatic rings. The molecule has 0 saturated heterocycles. The fraction of sp³-hybridized carbons (Fsp3) is 0.125. The van der Waals surface area contributed by atoms with Crippen LogP contribution in [-0.2, 0) is 11.4 Å². The van der Waals surface area contributed by atoms with Crippen molar-refractivity contribution in [2.24, 2.45) is 0 Å². The lowest BCUT2D eigenvalue weighted by atomic mass is 10.1. The van der Waals surface area contributed by atoms with Gasteiger partial charge in [-0.25, -0.2) is 4.39 Å². The summed E-state index contributed by atoms with van der Waals surface area (Å²) in [5.74, 6) is -0.202. The molecule has 3 aromatic rings. The van der Waals surface area contributed by atoms with Crippen LogP contribution < -0.4 is 10.1 Å². The quantitative estimate of drug-likeness (QED) is 0.496. The minimum atomic E-state index is -0.320. The van der Waals surface area contributed by atoms with Crippen molar-refractivity contribution in [3.8, 4) is 17.2 Å². The Morgan fingerprint density at radius 2 is 1.77 bits per heavy atom. The maximum absolute atomic E-state index is 12.9. The Morgan fingerprint density at radius 1 is 1.07 bits per heavy atom. The molecule has 0 saturated carbocycles. The van der Waals surface area contributed by atoms with Crippen molar-refractivity contribution < 1.29 is 24.1 Å². The Labute approximate surface area is 174 Å². The topological polar surface area (TPSA) is 78.8 Å². The summed E-state index contributed by atoms with van der Waals surface area (Å²) in [6, 6.07) is 17.1. The van der Waals surface area contributed by atoms with E-state index >= 15 is 0 Å². The van der Waals surface area contributed by atoms with Crippen LogP contribution in [0.25, 0.3) is 6.08 Å². The number of aromatic hydroxyl groups is 2. The van der Waals surface area contributed by atoms with Gasteiger partial charge in [-0.05, 0) is 66.1 Å². The van der Waals surface area contributed by atoms with Crippen LogP contribution in [0.1, 0.15) is 29.7 Å². The summed E-state index contributed by atoms with van der Waals surface area (Å²) in [7, 11) is 0. The molecule has 3 N–H and O–H groups in total. The molecule has 0 aliphatic carbocycles. The van der Waals surface area contributed by atoms with Gasteiger partial charge in [0.05, 0.1) is 6.04 Å². The number of phenols is 2. The molecule has 0 bridgehead atoms. The molecule has 30 heavy (non-hydrogen) atoms. The second-order valence-corrected chi connectivity index (χ2v) is 6.80. The zero-order valence-corrected chi connectivity index (χ0v) is 16.4. The summed E-state index contributed by atoms with van der Waals surface area (Å²) in [6.45, 7) is 2.04. The van der Waals surface area contributed by atoms with Crippen LogP contribution in [0.5, 0.6) is 17.2 Å². The molecule has 0 spiro atoms. The van der Waals surface area contributed by atoms with Gasteiger partial charge >= 0.3 is 0 Å². The largest absolute Gasteiger partial charge is 0.508 e. The van der Waals surface area contributed by atoms with Gasteiger partial charge in [0.2, 0.25) is 5.91 Å². The number of hydrogen-bond acceptors (Lipinski definition) is 4. The first-order valence-electron chi connectivity index (χ1n) is 9.38. The zero-order chi connectivity index (χ0) is 21.5. The first-order chi connectivity index (χ1) is 14.4. The van der Waals surface area contributed by atoms with Crippen LogP contribution in [0.15, 0.2) is 72.8 Å². The molecular weight excluding hydrogens is 385 g/mol. The van der Waals surface area contributed by atoms with E-state index in [1.165, 1.54) is 24.3 Å². The maximum atomic E-state index is 12.9. The minimum absolute atomic E-state index is 0.0582. The number of benzene rings is 3. The minimum Gasteiger partial charge on any atom is -0.508 e. The lowest BCUT2D eigenvalue weighted by Gasteiger charge is -2.13. The molecule has 3 rings (SSSR count). The third kappa shape index (κ3) is 5.85. The number of ether oxygens (including phenoxy) is 1. The molecule has 0 radical (unpaired) electrons. The highest BCUT2D eigenvalue weighted by Crippen LogP contribution is 2.28. The predicted molar refractivity (Wildman–Crippen MR) is 113 cm³/mol. The number of halogens is 1. The standard InChI is InChI=1S/C24H22FNO4/c1-16(19-6-10-21(27)11-7-19)26-24(29)13-5-17-4-12-23(22(28)14-17)30-15-18-2-8-20(25)9-3-18/h2-14,16,27-28H,15H2,1H3,(H,26,29)/b13-5+. The summed E-state index contributed by atoms with van der Waals surface area (Å²) >= 11 is 0. The lowest BCUT2D eigenvalue weighted by molar-refractivity contribution is -0.117. The van der Waals surface area contributed by atoms with Gasteiger partial charge in [-0.15, -0.1) is 0 Å². The number of nitrogens with one attached hydrogen (secondary N) is 1. The summed E-state index contributed by atoms with van der Waals surface area (Å²) in [5.41, 5.74) is 2.28. The molecule has 1 amide bonds. The highest BCUT2D eigenvalue weighted by Gasteiger charge is 2.08. The first kappa shape index (κ1) is 20.9. The molecule has 154 valence electrons. The van der Waals surface area contributed by atoms with E-state index in [2.05, 4.69) is 5.32 Å². The Morgan fingerprint density at radius 3 is 2.43 bits per heavy atom. The highest BCUT2D eigenvalue weighted by molar-refractivity contribution is 5.92. The van der Waals surface area contributed by atoms with Crippen LogP contribution in [0.3, 0.4) is 0 Å². The second kappa shape index (κ2) is 9.60. The third-order valence-electron chi connectivity index (χ3n) is 4.47. The van der Waals surface area contributed by atoms with Crippen LogP contribution in [0.2, 0.25) is 0 Å². The van der Waals surface area contributed by atoms with Gasteiger partial charge in [-0.3, -0.25) is 4.79 Å². The number of rotatable bonds is 7. The number of carbonyl (C=O) groups excluding carboxylic acids is 1. The van der Waals surface area contributed by atoms with Crippen molar-refractivity contribution in [2.45, 2.75) is 19.6 Å². The molecular formula is C24H22FNO4. The number of hydrogen-bond donors (Lipinski definition) is 3. The number of amides is 1. The summed E-state index contributed by atoms with van der Waals surface area (Å²) < 4.78 is 18.5. The van der Waals surface area contributed by atoms with Crippen molar-refractivity contribution in [2.75, 3.05) is 0 Å². The summed E-state index contributed by atoms with van der Waals surface area (Å²) in [5, 5.41) is 22.3. The number of carbonyl (C=O) groups is 1. The molecule has 3 aromatic carbocycles. The molecule has 1 unspecified atom stereocenters. The first-order valence-corrected chi connectivity index (χ1v) is 9.38. The molecule has 0 aromatic heterocycles. The Hall–Kier alpha value is -3.80. The Balaban J connectivity index is 1.56. The lowest BCUT2D eigenvalue weighted by Crippen LogP contribution is -2.24. The van der Waals surface area contributed by atoms with Gasteiger partial charge in [-0.2, -0.15) is 0 Å². The van der Waals surface area contributed by atoms with Crippen molar-refractivity contribution in [1.29, 1.82) is 0 Å². The van der Waals surface area contributed by atoms with Gasteiger partial charge in [-0.1, -0.05) is 30.3 Å². The second-order valence-electron chi connectivity index (χ2n) is 6.80. The van der Waals surface area contributed by atoms with E-state index in [-0.39, 0.29) is 35.9 Å². The average molecular weight is 407 g/mol. The SMILES string of the molecule is CC(NC(=O)/C=C/c1ccc(OCc2ccc(F)cc2)c(O)c1)c1ccc(O)cc1. The maximum Gasteiger partial charge on any atom is 0.244 e. The van der Waals surface area contributed by atoms with Crippen molar-refractivity contribution in [3.05, 3.63) is 95.3 Å². The van der Waals surface area contributed by atoms with Gasteiger partial charge in [0.25, 0.3) is 0 Å². The molecule has 0 aliphatic heterocycles. The van der Waals surface area contributed by atoms with E-state index in [4.69, 9.17) is 4.74 Å². The van der Waals surface area contributed by atoms with E-state index in [0.29, 0.717) is 11.3 Å². The zero-order valence-electron chi connectivity index (χ0n) is 16.4. The normalized spacial score (nSPS) is 11.9. The van der Waals surface area contributed by atoms with Gasteiger partial charge in [0, 0.05) is 6.08 Å². The van der Waals surface area contributed by atoms with Crippen LogP contribution in [0.4, 0.5) is 4.39 Å². The van der Waals surface area contributed by atoms with E-state index in [1.807, 2.05) is 6.92 Å². The third-order valence-corrected chi connectivity index (χ3v) is 4.47. The van der Waals surface area contributed by atoms with Gasteiger partial charge in [0.15, 0.2) is 11.5 Å². The fourth-order valence-corrected chi connectivity index (χ4v) is 2.78. The van der Waals surface area contributed by atoms with Gasteiger partial charge < -0.3 is 20.3 Å². The van der Waals surface area contributed by atoms with Crippen molar-refractivity contribution >= 4 is 12.0 Å². The Bertz CT molecular complexity index is 1030. The molecule has 0 fully saturated rings. The summed E-state index contributed by atoms with van der Waals surface area (Å²) in [6.07, 6.45) is 2.97. The van der Waals surface area contributed by atoms with Crippen LogP contribution in [0, 0.1) is 5.82 Å². The highest BCUT2D eigenvalue weighted by atomic mass is 19.1. The molecule has 0 heterocycles. The van der Waals surface area contributed by atoms with Crippen molar-refractivity contribution in [1.82, 2.24) is 5.32 Å². The van der Waals surface area contributed by atoms with E-state index < -0.39 is 0 Å². The van der Waals surface area contributed by atoms with E-state index in [9.17, 15) is 19.4 Å². The van der Waals surface area contributed by atoms with Gasteiger partial charge in [0.1, 0.15) is 18.2 Å². The summed E-state index contributed by atoms with van der Waals surface area (Å²) in [4.78, 5) is 12.1. The molecule has 1 atom stereocenters. The molecule has 5 nitrogen and oxygen atoms in total. The fourth-order valence-electron chi connectivity index (χ4n) is 2.78. The smallest absolute Gasteiger partial charge is 0.244 e. The average Bonchev–Trinajstić information content (AvgIpc) is 2.73. The van der Waals surface area contributed by atoms with E-state index in [1.54, 1.807) is 54.6 Å². The predicted octanol–water partition coefficient (Wildman–Crippen LogP) is 4.71.